The number of nitrogens with zero attached hydrogens (tertiary/aromatic N) is 5. The predicted molar refractivity (Wildman–Crippen MR) is 192 cm³/mol. The first kappa shape index (κ1) is 39.6. The zero-order chi connectivity index (χ0) is 37.1. The molecule has 4 amide bonds. The summed E-state index contributed by atoms with van der Waals surface area (Å²) in [6, 6.07) is 17.5. The van der Waals surface area contributed by atoms with Gasteiger partial charge in [-0.1, -0.05) is 24.3 Å². The fourth-order valence-electron chi connectivity index (χ4n) is 5.11. The largest absolute Gasteiger partial charge is 0.444 e. The number of hydrogen-bond acceptors (Lipinski definition) is 9. The molecule has 0 saturated heterocycles. The minimum atomic E-state index is -0.654. The Balaban J connectivity index is 0.000000295. The van der Waals surface area contributed by atoms with E-state index in [1.807, 2.05) is 64.1 Å². The lowest BCUT2D eigenvalue weighted by molar-refractivity contribution is 0.0190. The molecule has 2 aromatic heterocycles. The van der Waals surface area contributed by atoms with Crippen molar-refractivity contribution in [3.8, 4) is 0 Å². The molecule has 270 valence electrons. The molecule has 0 saturated carbocycles. The normalized spacial score (nSPS) is 13.8. The Labute approximate surface area is 296 Å². The Morgan fingerprint density at radius 1 is 0.700 bits per heavy atom. The first-order chi connectivity index (χ1) is 23.4. The Kier molecular flexibility index (Phi) is 14.0. The fourth-order valence-corrected chi connectivity index (χ4v) is 5.11. The Bertz CT molecular complexity index is 1530. The van der Waals surface area contributed by atoms with E-state index in [1.165, 1.54) is 9.80 Å². The third-order valence-electron chi connectivity index (χ3n) is 7.29. The van der Waals surface area contributed by atoms with Gasteiger partial charge in [-0.05, 0) is 91.8 Å². The molecule has 1 aliphatic rings. The first-order valence-corrected chi connectivity index (χ1v) is 16.9. The maximum Gasteiger partial charge on any atom is 0.410 e. The molecule has 3 heterocycles. The number of hydrogen-bond donors (Lipinski definition) is 1. The molecule has 0 bridgehead atoms. The van der Waals surface area contributed by atoms with Crippen molar-refractivity contribution in [2.75, 3.05) is 26.2 Å². The Morgan fingerprint density at radius 3 is 1.46 bits per heavy atom. The minimum Gasteiger partial charge on any atom is -0.444 e. The topological polar surface area (TPSA) is 148 Å². The van der Waals surface area contributed by atoms with Crippen LogP contribution < -0.4 is 5.73 Å². The molecule has 1 aromatic carbocycles. The van der Waals surface area contributed by atoms with E-state index in [0.29, 0.717) is 43.6 Å². The van der Waals surface area contributed by atoms with Crippen molar-refractivity contribution in [2.45, 2.75) is 91.5 Å². The van der Waals surface area contributed by atoms with Crippen LogP contribution in [0, 0.1) is 0 Å². The van der Waals surface area contributed by atoms with Crippen molar-refractivity contribution in [3.63, 3.8) is 0 Å². The SMILES string of the molecule is C[C@@H](N)CN(CCc1ccccn1)C(=O)OC(C)(C)C.C[C@H](CN(CCc1ccccn1)C(=O)OC(C)(C)C)N1C(=O)c2ccccc2C1=O. The quantitative estimate of drug-likeness (QED) is 0.249. The molecule has 3 aromatic rings. The molecule has 0 fully saturated rings. The van der Waals surface area contributed by atoms with E-state index in [0.717, 1.165) is 11.4 Å². The molecular formula is C38H52N6O6. The van der Waals surface area contributed by atoms with E-state index in [1.54, 1.807) is 69.3 Å². The maximum atomic E-state index is 12.8. The van der Waals surface area contributed by atoms with Gasteiger partial charge in [0.25, 0.3) is 11.8 Å². The van der Waals surface area contributed by atoms with Crippen LogP contribution >= 0.6 is 0 Å². The zero-order valence-corrected chi connectivity index (χ0v) is 30.6. The van der Waals surface area contributed by atoms with Crippen molar-refractivity contribution in [1.29, 1.82) is 0 Å². The number of carbonyl (C=O) groups excluding carboxylic acids is 4. The minimum absolute atomic E-state index is 0.0914. The smallest absolute Gasteiger partial charge is 0.410 e. The predicted octanol–water partition coefficient (Wildman–Crippen LogP) is 5.75. The summed E-state index contributed by atoms with van der Waals surface area (Å²) < 4.78 is 10.9. The first-order valence-electron chi connectivity index (χ1n) is 16.9. The number of rotatable bonds is 11. The zero-order valence-electron chi connectivity index (χ0n) is 30.6. The number of ether oxygens (including phenoxy) is 2. The fraction of sp³-hybridized carbons (Fsp3) is 0.474. The van der Waals surface area contributed by atoms with Gasteiger partial charge in [0.15, 0.2) is 0 Å². The second-order valence-corrected chi connectivity index (χ2v) is 14.3. The maximum absolute atomic E-state index is 12.8. The van der Waals surface area contributed by atoms with Crippen LogP contribution in [0.4, 0.5) is 9.59 Å². The number of benzene rings is 1. The van der Waals surface area contributed by atoms with Crippen LogP contribution in [0.15, 0.2) is 73.1 Å². The van der Waals surface area contributed by atoms with Crippen LogP contribution in [0.25, 0.3) is 0 Å². The molecule has 12 nitrogen and oxygen atoms in total. The monoisotopic (exact) mass is 688 g/mol. The Hall–Kier alpha value is -4.84. The number of fused-ring (bicyclic) bond motifs is 1. The molecule has 4 rings (SSSR count). The number of aromatic nitrogens is 2. The van der Waals surface area contributed by atoms with Crippen molar-refractivity contribution < 1.29 is 28.7 Å². The summed E-state index contributed by atoms with van der Waals surface area (Å²) in [6.07, 6.45) is 3.86. The summed E-state index contributed by atoms with van der Waals surface area (Å²) >= 11 is 0. The highest BCUT2D eigenvalue weighted by Gasteiger charge is 2.39. The summed E-state index contributed by atoms with van der Waals surface area (Å²) in [5.74, 6) is -0.672. The van der Waals surface area contributed by atoms with Crippen LogP contribution in [0.2, 0.25) is 0 Å². The highest BCUT2D eigenvalue weighted by Crippen LogP contribution is 2.25. The molecule has 50 heavy (non-hydrogen) atoms. The average molecular weight is 689 g/mol. The molecule has 0 spiro atoms. The number of nitrogens with two attached hydrogens (primary N) is 1. The van der Waals surface area contributed by atoms with Crippen LogP contribution in [-0.4, -0.2) is 98.1 Å². The highest BCUT2D eigenvalue weighted by molar-refractivity contribution is 6.21. The number of imide groups is 1. The summed E-state index contributed by atoms with van der Waals surface area (Å²) in [7, 11) is 0. The molecule has 2 atom stereocenters. The van der Waals surface area contributed by atoms with E-state index in [9.17, 15) is 19.2 Å². The van der Waals surface area contributed by atoms with E-state index >= 15 is 0 Å². The van der Waals surface area contributed by atoms with E-state index < -0.39 is 23.3 Å². The molecule has 0 radical (unpaired) electrons. The van der Waals surface area contributed by atoms with Gasteiger partial charge >= 0.3 is 12.2 Å². The van der Waals surface area contributed by atoms with Gasteiger partial charge in [-0.2, -0.15) is 0 Å². The third kappa shape index (κ3) is 12.6. The van der Waals surface area contributed by atoms with Crippen LogP contribution in [-0.2, 0) is 22.3 Å². The van der Waals surface area contributed by atoms with Gasteiger partial charge in [0.1, 0.15) is 11.2 Å². The molecule has 1 aliphatic heterocycles. The lowest BCUT2D eigenvalue weighted by Crippen LogP contribution is -2.48. The average Bonchev–Trinajstić information content (AvgIpc) is 3.30. The third-order valence-corrected chi connectivity index (χ3v) is 7.29. The number of pyridine rings is 2. The van der Waals surface area contributed by atoms with Crippen molar-refractivity contribution in [1.82, 2.24) is 24.7 Å². The standard InChI is InChI=1S/C23H27N3O4.C15H25N3O2/c1-16(26-20(27)18-10-5-6-11-19(18)21(26)28)15-25(22(29)30-23(2,3)4)14-12-17-9-7-8-13-24-17;1-12(16)11-18(14(19)20-15(2,3)4)10-8-13-7-5-6-9-17-13/h5-11,13,16H,12,14-15H2,1-4H3;5-7,9,12H,8,10-11,16H2,1-4H3/t16-;12-/m11/s1. The van der Waals surface area contributed by atoms with Gasteiger partial charge in [0, 0.05) is 68.8 Å². The van der Waals surface area contributed by atoms with Crippen LogP contribution in [0.1, 0.15) is 87.5 Å². The summed E-state index contributed by atoms with van der Waals surface area (Å²) in [6.45, 7) is 16.2. The molecule has 2 N–H and O–H groups in total. The molecule has 0 aliphatic carbocycles. The van der Waals surface area contributed by atoms with E-state index in [4.69, 9.17) is 15.2 Å². The van der Waals surface area contributed by atoms with Crippen LogP contribution in [0.5, 0.6) is 0 Å². The van der Waals surface area contributed by atoms with Gasteiger partial charge in [-0.25, -0.2) is 9.59 Å². The second kappa shape index (κ2) is 17.7. The van der Waals surface area contributed by atoms with Crippen molar-refractivity contribution in [3.05, 3.63) is 95.6 Å². The van der Waals surface area contributed by atoms with Gasteiger partial charge in [0.05, 0.1) is 17.2 Å². The molecular weight excluding hydrogens is 636 g/mol. The Morgan fingerprint density at radius 2 is 1.10 bits per heavy atom. The summed E-state index contributed by atoms with van der Waals surface area (Å²) in [5.41, 5.74) is 7.23. The molecule has 0 unspecified atom stereocenters. The van der Waals surface area contributed by atoms with Gasteiger partial charge in [0.2, 0.25) is 0 Å². The van der Waals surface area contributed by atoms with Gasteiger partial charge in [-0.3, -0.25) is 24.5 Å². The van der Waals surface area contributed by atoms with Gasteiger partial charge < -0.3 is 25.0 Å². The summed E-state index contributed by atoms with van der Waals surface area (Å²) in [4.78, 5) is 63.4. The second-order valence-electron chi connectivity index (χ2n) is 14.3. The van der Waals surface area contributed by atoms with Crippen LogP contribution in [0.3, 0.4) is 0 Å². The van der Waals surface area contributed by atoms with E-state index in [-0.39, 0.29) is 30.5 Å². The van der Waals surface area contributed by atoms with Gasteiger partial charge in [-0.15, -0.1) is 0 Å². The number of carbonyl (C=O) groups is 4. The number of amides is 4. The van der Waals surface area contributed by atoms with Crippen molar-refractivity contribution >= 4 is 24.0 Å². The lowest BCUT2D eigenvalue weighted by atomic mass is 10.1. The lowest BCUT2D eigenvalue weighted by Gasteiger charge is -2.31. The summed E-state index contributed by atoms with van der Waals surface area (Å²) in [5, 5.41) is 0. The molecule has 12 heteroatoms. The van der Waals surface area contributed by atoms with E-state index in [2.05, 4.69) is 9.97 Å². The van der Waals surface area contributed by atoms with Crippen molar-refractivity contribution in [2.24, 2.45) is 5.73 Å². The highest BCUT2D eigenvalue weighted by atomic mass is 16.6.